The fraction of sp³-hybridized carbons (Fsp3) is 0.200. The molecule has 3 aromatic carbocycles. The van der Waals surface area contributed by atoms with Crippen molar-refractivity contribution in [2.45, 2.75) is 19.4 Å². The van der Waals surface area contributed by atoms with Crippen molar-refractivity contribution < 1.29 is 9.59 Å². The predicted molar refractivity (Wildman–Crippen MR) is 115 cm³/mol. The highest BCUT2D eigenvalue weighted by Crippen LogP contribution is 2.24. The maximum absolute atomic E-state index is 13.0. The molecule has 0 saturated carbocycles. The average molecular weight is 386 g/mol. The predicted octanol–water partition coefficient (Wildman–Crippen LogP) is 3.98. The molecule has 0 fully saturated rings. The number of benzene rings is 3. The monoisotopic (exact) mass is 386 g/mol. The molecule has 3 rings (SSSR count). The highest BCUT2D eigenvalue weighted by Gasteiger charge is 2.23. The molecule has 0 unspecified atom stereocenters. The second kappa shape index (κ2) is 10.2. The van der Waals surface area contributed by atoms with Gasteiger partial charge in [-0.05, 0) is 23.6 Å². The number of carbonyl (C=O) groups is 2. The third-order valence-corrected chi connectivity index (χ3v) is 4.89. The molecular weight excluding hydrogens is 360 g/mol. The molecule has 0 radical (unpaired) electrons. The number of nitrogens with one attached hydrogen (secondary N) is 1. The number of likely N-dealkylation sites (N-methyl/N-ethyl adjacent to an activating group) is 1. The first-order valence-electron chi connectivity index (χ1n) is 9.88. The Bertz CT molecular complexity index is 872. The second-order valence-corrected chi connectivity index (χ2v) is 6.87. The minimum atomic E-state index is -0.450. The zero-order valence-corrected chi connectivity index (χ0v) is 16.6. The van der Waals surface area contributed by atoms with Crippen LogP contribution in [0.3, 0.4) is 0 Å². The van der Waals surface area contributed by atoms with Crippen molar-refractivity contribution in [3.63, 3.8) is 0 Å². The van der Waals surface area contributed by atoms with Gasteiger partial charge < -0.3 is 10.2 Å². The molecule has 0 heterocycles. The Hall–Kier alpha value is -3.40. The first-order chi connectivity index (χ1) is 14.2. The number of hydrogen-bond acceptors (Lipinski definition) is 2. The fourth-order valence-corrected chi connectivity index (χ4v) is 3.34. The lowest BCUT2D eigenvalue weighted by Crippen LogP contribution is -2.41. The van der Waals surface area contributed by atoms with Crippen molar-refractivity contribution in [1.82, 2.24) is 10.2 Å². The molecule has 1 N–H and O–H groups in total. The van der Waals surface area contributed by atoms with E-state index in [2.05, 4.69) is 5.32 Å². The van der Waals surface area contributed by atoms with Crippen LogP contribution in [-0.2, 0) is 16.1 Å². The molecule has 4 heteroatoms. The Morgan fingerprint density at radius 2 is 1.28 bits per heavy atom. The van der Waals surface area contributed by atoms with Crippen LogP contribution in [0.25, 0.3) is 0 Å². The molecule has 4 nitrogen and oxygen atoms in total. The molecule has 0 aliphatic rings. The minimum Gasteiger partial charge on any atom is -0.346 e. The SMILES string of the molecule is CCN(Cc1ccccc1)C(=O)CNC(=O)C(c1ccccc1)c1ccccc1. The van der Waals surface area contributed by atoms with Crippen LogP contribution in [-0.4, -0.2) is 29.8 Å². The summed E-state index contributed by atoms with van der Waals surface area (Å²) in [5.74, 6) is -0.717. The van der Waals surface area contributed by atoms with Gasteiger partial charge in [-0.3, -0.25) is 9.59 Å². The van der Waals surface area contributed by atoms with Crippen LogP contribution in [0, 0.1) is 0 Å². The number of hydrogen-bond donors (Lipinski definition) is 1. The van der Waals surface area contributed by atoms with Crippen LogP contribution in [0.2, 0.25) is 0 Å². The van der Waals surface area contributed by atoms with E-state index in [1.165, 1.54) is 0 Å². The van der Waals surface area contributed by atoms with Crippen LogP contribution in [0.1, 0.15) is 29.5 Å². The second-order valence-electron chi connectivity index (χ2n) is 6.87. The average Bonchev–Trinajstić information content (AvgIpc) is 2.78. The van der Waals surface area contributed by atoms with Gasteiger partial charge in [0.2, 0.25) is 11.8 Å². The summed E-state index contributed by atoms with van der Waals surface area (Å²) in [5.41, 5.74) is 2.88. The lowest BCUT2D eigenvalue weighted by molar-refractivity contribution is -0.133. The van der Waals surface area contributed by atoms with Gasteiger partial charge in [-0.15, -0.1) is 0 Å². The Labute approximate surface area is 172 Å². The van der Waals surface area contributed by atoms with Crippen molar-refractivity contribution in [2.24, 2.45) is 0 Å². The van der Waals surface area contributed by atoms with Crippen LogP contribution in [0.5, 0.6) is 0 Å². The number of amides is 2. The number of carbonyl (C=O) groups excluding carboxylic acids is 2. The Morgan fingerprint density at radius 3 is 1.76 bits per heavy atom. The first kappa shape index (κ1) is 20.3. The Morgan fingerprint density at radius 1 is 0.793 bits per heavy atom. The summed E-state index contributed by atoms with van der Waals surface area (Å²) in [7, 11) is 0. The molecule has 0 saturated heterocycles. The zero-order chi connectivity index (χ0) is 20.5. The molecule has 29 heavy (non-hydrogen) atoms. The van der Waals surface area contributed by atoms with E-state index in [1.807, 2.05) is 97.9 Å². The molecule has 0 aliphatic heterocycles. The highest BCUT2D eigenvalue weighted by molar-refractivity contribution is 5.90. The lowest BCUT2D eigenvalue weighted by Gasteiger charge is -2.22. The fourth-order valence-electron chi connectivity index (χ4n) is 3.34. The molecule has 3 aromatic rings. The van der Waals surface area contributed by atoms with Crippen LogP contribution < -0.4 is 5.32 Å². The quantitative estimate of drug-likeness (QED) is 0.637. The molecule has 0 aromatic heterocycles. The van der Waals surface area contributed by atoms with E-state index < -0.39 is 5.92 Å². The summed E-state index contributed by atoms with van der Waals surface area (Å²) in [6.45, 7) is 3.05. The van der Waals surface area contributed by atoms with Gasteiger partial charge >= 0.3 is 0 Å². The van der Waals surface area contributed by atoms with Crippen molar-refractivity contribution in [2.75, 3.05) is 13.1 Å². The maximum atomic E-state index is 13.0. The molecule has 0 aliphatic carbocycles. The normalized spacial score (nSPS) is 10.6. The molecule has 0 atom stereocenters. The highest BCUT2D eigenvalue weighted by atomic mass is 16.2. The summed E-state index contributed by atoms with van der Waals surface area (Å²) in [5, 5.41) is 2.85. The van der Waals surface area contributed by atoms with Gasteiger partial charge in [0, 0.05) is 13.1 Å². The van der Waals surface area contributed by atoms with Crippen molar-refractivity contribution in [3.05, 3.63) is 108 Å². The molecule has 0 spiro atoms. The van der Waals surface area contributed by atoms with E-state index in [0.29, 0.717) is 13.1 Å². The lowest BCUT2D eigenvalue weighted by atomic mass is 9.90. The summed E-state index contributed by atoms with van der Waals surface area (Å²) in [4.78, 5) is 27.5. The van der Waals surface area contributed by atoms with Crippen LogP contribution in [0.15, 0.2) is 91.0 Å². The summed E-state index contributed by atoms with van der Waals surface area (Å²) in [6, 6.07) is 29.1. The van der Waals surface area contributed by atoms with E-state index in [1.54, 1.807) is 4.90 Å². The van der Waals surface area contributed by atoms with E-state index in [9.17, 15) is 9.59 Å². The van der Waals surface area contributed by atoms with Gasteiger partial charge in [-0.25, -0.2) is 0 Å². The van der Waals surface area contributed by atoms with Gasteiger partial charge in [-0.1, -0.05) is 91.0 Å². The molecule has 0 bridgehead atoms. The zero-order valence-electron chi connectivity index (χ0n) is 16.6. The molecular formula is C25H26N2O2. The van der Waals surface area contributed by atoms with Gasteiger partial charge in [0.15, 0.2) is 0 Å². The summed E-state index contributed by atoms with van der Waals surface area (Å²) in [6.07, 6.45) is 0. The molecule has 148 valence electrons. The van der Waals surface area contributed by atoms with Crippen molar-refractivity contribution >= 4 is 11.8 Å². The summed E-state index contributed by atoms with van der Waals surface area (Å²) < 4.78 is 0. The van der Waals surface area contributed by atoms with Gasteiger partial charge in [0.25, 0.3) is 0 Å². The van der Waals surface area contributed by atoms with E-state index >= 15 is 0 Å². The largest absolute Gasteiger partial charge is 0.346 e. The van der Waals surface area contributed by atoms with Crippen LogP contribution in [0.4, 0.5) is 0 Å². The maximum Gasteiger partial charge on any atom is 0.242 e. The van der Waals surface area contributed by atoms with Crippen molar-refractivity contribution in [3.8, 4) is 0 Å². The smallest absolute Gasteiger partial charge is 0.242 e. The third kappa shape index (κ3) is 5.55. The Kier molecular flexibility index (Phi) is 7.17. The van der Waals surface area contributed by atoms with E-state index in [-0.39, 0.29) is 18.4 Å². The van der Waals surface area contributed by atoms with E-state index in [0.717, 1.165) is 16.7 Å². The number of nitrogens with zero attached hydrogens (tertiary/aromatic N) is 1. The first-order valence-corrected chi connectivity index (χ1v) is 9.88. The van der Waals surface area contributed by atoms with E-state index in [4.69, 9.17) is 0 Å². The van der Waals surface area contributed by atoms with Crippen LogP contribution >= 0.6 is 0 Å². The number of rotatable bonds is 8. The van der Waals surface area contributed by atoms with Crippen molar-refractivity contribution in [1.29, 1.82) is 0 Å². The minimum absolute atomic E-state index is 0.0182. The Balaban J connectivity index is 1.68. The molecule has 2 amide bonds. The van der Waals surface area contributed by atoms with Gasteiger partial charge in [-0.2, -0.15) is 0 Å². The van der Waals surface area contributed by atoms with Gasteiger partial charge in [0.1, 0.15) is 0 Å². The summed E-state index contributed by atoms with van der Waals surface area (Å²) >= 11 is 0. The van der Waals surface area contributed by atoms with Gasteiger partial charge in [0.05, 0.1) is 12.5 Å². The third-order valence-electron chi connectivity index (χ3n) is 4.89. The standard InChI is InChI=1S/C25H26N2O2/c1-2-27(19-20-12-6-3-7-13-20)23(28)18-26-25(29)24(21-14-8-4-9-15-21)22-16-10-5-11-17-22/h3-17,24H,2,18-19H2,1H3,(H,26,29). The topological polar surface area (TPSA) is 49.4 Å².